The molecule has 17 heavy (non-hydrogen) atoms. The first-order chi connectivity index (χ1) is 8.29. The summed E-state index contributed by atoms with van der Waals surface area (Å²) in [6.07, 6.45) is 3.47. The van der Waals surface area contributed by atoms with Gasteiger partial charge in [0.2, 0.25) is 0 Å². The molecule has 0 fully saturated rings. The molecule has 3 nitrogen and oxygen atoms in total. The molecule has 0 atom stereocenters. The topological polar surface area (TPSA) is 42.4 Å². The van der Waals surface area contributed by atoms with Gasteiger partial charge in [0.25, 0.3) is 0 Å². The molecule has 2 aromatic rings. The van der Waals surface area contributed by atoms with E-state index in [1.807, 2.05) is 30.3 Å². The Kier molecular flexibility index (Phi) is 4.12. The van der Waals surface area contributed by atoms with Crippen LogP contribution in [0.25, 0.3) is 0 Å². The van der Waals surface area contributed by atoms with E-state index in [4.69, 9.17) is 9.84 Å². The summed E-state index contributed by atoms with van der Waals surface area (Å²) in [7, 11) is 0. The maximum atomic E-state index is 9.13. The number of hydrogen-bond donors (Lipinski definition) is 1. The van der Waals surface area contributed by atoms with Gasteiger partial charge in [0.1, 0.15) is 12.4 Å². The molecular formula is C13H12BrNO2. The van der Waals surface area contributed by atoms with Crippen LogP contribution < -0.4 is 4.74 Å². The number of halogens is 1. The van der Waals surface area contributed by atoms with Gasteiger partial charge in [-0.15, -0.1) is 0 Å². The van der Waals surface area contributed by atoms with Crippen molar-refractivity contribution in [2.45, 2.75) is 13.2 Å². The molecule has 88 valence electrons. The maximum Gasteiger partial charge on any atom is 0.120 e. The number of ether oxygens (including phenoxy) is 1. The van der Waals surface area contributed by atoms with Gasteiger partial charge in [0.15, 0.2) is 0 Å². The van der Waals surface area contributed by atoms with Crippen LogP contribution in [0.1, 0.15) is 11.1 Å². The third-order valence-electron chi connectivity index (χ3n) is 2.34. The molecule has 1 aromatic heterocycles. The van der Waals surface area contributed by atoms with Crippen LogP contribution in [0.5, 0.6) is 5.75 Å². The van der Waals surface area contributed by atoms with Gasteiger partial charge in [-0.1, -0.05) is 15.9 Å². The second kappa shape index (κ2) is 5.80. The smallest absolute Gasteiger partial charge is 0.120 e. The van der Waals surface area contributed by atoms with Gasteiger partial charge in [0, 0.05) is 16.9 Å². The highest BCUT2D eigenvalue weighted by molar-refractivity contribution is 9.10. The second-order valence-electron chi connectivity index (χ2n) is 3.56. The number of aliphatic hydroxyl groups is 1. The van der Waals surface area contributed by atoms with Crippen LogP contribution in [0.4, 0.5) is 0 Å². The van der Waals surface area contributed by atoms with E-state index < -0.39 is 0 Å². The molecule has 0 radical (unpaired) electrons. The molecule has 1 aromatic carbocycles. The van der Waals surface area contributed by atoms with Crippen molar-refractivity contribution in [1.29, 1.82) is 0 Å². The van der Waals surface area contributed by atoms with Crippen LogP contribution in [-0.2, 0) is 13.2 Å². The number of benzene rings is 1. The number of nitrogens with zero attached hydrogens (tertiary/aromatic N) is 1. The molecule has 0 aliphatic heterocycles. The summed E-state index contributed by atoms with van der Waals surface area (Å²) in [6, 6.07) is 9.38. The third kappa shape index (κ3) is 3.28. The zero-order valence-corrected chi connectivity index (χ0v) is 10.7. The van der Waals surface area contributed by atoms with Crippen LogP contribution in [0.2, 0.25) is 0 Å². The fourth-order valence-corrected chi connectivity index (χ4v) is 1.78. The van der Waals surface area contributed by atoms with E-state index in [1.165, 1.54) is 0 Å². The van der Waals surface area contributed by atoms with Gasteiger partial charge in [0.05, 0.1) is 6.61 Å². The highest BCUT2D eigenvalue weighted by Gasteiger charge is 2.01. The summed E-state index contributed by atoms with van der Waals surface area (Å²) in [5.74, 6) is 0.745. The molecule has 0 saturated heterocycles. The summed E-state index contributed by atoms with van der Waals surface area (Å²) in [6.45, 7) is 0.488. The minimum atomic E-state index is -0.00690. The summed E-state index contributed by atoms with van der Waals surface area (Å²) in [5, 5.41) is 9.13. The van der Waals surface area contributed by atoms with E-state index in [0.717, 1.165) is 21.3 Å². The van der Waals surface area contributed by atoms with Crippen LogP contribution in [-0.4, -0.2) is 10.1 Å². The molecule has 4 heteroatoms. The standard InChI is InChI=1S/C13H12BrNO2/c14-13-2-1-12(7-11(13)8-16)17-9-10-3-5-15-6-4-10/h1-7,16H,8-9H2. The van der Waals surface area contributed by atoms with E-state index in [2.05, 4.69) is 20.9 Å². The molecule has 1 heterocycles. The Labute approximate surface area is 108 Å². The van der Waals surface area contributed by atoms with Crippen molar-refractivity contribution in [2.24, 2.45) is 0 Å². The lowest BCUT2D eigenvalue weighted by Gasteiger charge is -2.08. The van der Waals surface area contributed by atoms with Gasteiger partial charge in [-0.2, -0.15) is 0 Å². The van der Waals surface area contributed by atoms with Crippen molar-refractivity contribution in [3.05, 3.63) is 58.3 Å². The predicted molar refractivity (Wildman–Crippen MR) is 68.6 cm³/mol. The second-order valence-corrected chi connectivity index (χ2v) is 4.41. The number of aliphatic hydroxyl groups excluding tert-OH is 1. The van der Waals surface area contributed by atoms with Gasteiger partial charge in [-0.3, -0.25) is 4.98 Å². The minimum absolute atomic E-state index is 0.00690. The molecule has 0 amide bonds. The van der Waals surface area contributed by atoms with Crippen molar-refractivity contribution in [3.63, 3.8) is 0 Å². The number of aromatic nitrogens is 1. The summed E-state index contributed by atoms with van der Waals surface area (Å²) in [5.41, 5.74) is 1.88. The van der Waals surface area contributed by atoms with E-state index >= 15 is 0 Å². The lowest BCUT2D eigenvalue weighted by molar-refractivity contribution is 0.277. The lowest BCUT2D eigenvalue weighted by atomic mass is 10.2. The van der Waals surface area contributed by atoms with Crippen LogP contribution in [0.3, 0.4) is 0 Å². The van der Waals surface area contributed by atoms with Crippen LogP contribution in [0.15, 0.2) is 47.2 Å². The van der Waals surface area contributed by atoms with Crippen molar-refractivity contribution >= 4 is 15.9 Å². The summed E-state index contributed by atoms with van der Waals surface area (Å²) < 4.78 is 6.52. The first-order valence-electron chi connectivity index (χ1n) is 5.20. The van der Waals surface area contributed by atoms with E-state index in [0.29, 0.717) is 6.61 Å². The van der Waals surface area contributed by atoms with Gasteiger partial charge in [-0.05, 0) is 41.5 Å². The Morgan fingerprint density at radius 2 is 1.94 bits per heavy atom. The lowest BCUT2D eigenvalue weighted by Crippen LogP contribution is -1.96. The highest BCUT2D eigenvalue weighted by atomic mass is 79.9. The van der Waals surface area contributed by atoms with Crippen molar-refractivity contribution in [2.75, 3.05) is 0 Å². The maximum absolute atomic E-state index is 9.13. The quantitative estimate of drug-likeness (QED) is 0.942. The van der Waals surface area contributed by atoms with Crippen LogP contribution >= 0.6 is 15.9 Å². The van der Waals surface area contributed by atoms with Crippen molar-refractivity contribution < 1.29 is 9.84 Å². The van der Waals surface area contributed by atoms with E-state index in [1.54, 1.807) is 12.4 Å². The van der Waals surface area contributed by atoms with Gasteiger partial charge < -0.3 is 9.84 Å². The average Bonchev–Trinajstić information content (AvgIpc) is 2.39. The Morgan fingerprint density at radius 3 is 2.65 bits per heavy atom. The monoisotopic (exact) mass is 293 g/mol. The zero-order chi connectivity index (χ0) is 12.1. The fourth-order valence-electron chi connectivity index (χ4n) is 1.41. The molecule has 1 N–H and O–H groups in total. The molecule has 0 aliphatic carbocycles. The average molecular weight is 294 g/mol. The van der Waals surface area contributed by atoms with Gasteiger partial charge in [-0.25, -0.2) is 0 Å². The fraction of sp³-hybridized carbons (Fsp3) is 0.154. The normalized spacial score (nSPS) is 10.2. The minimum Gasteiger partial charge on any atom is -0.489 e. The predicted octanol–water partition coefficient (Wildman–Crippen LogP) is 2.92. The molecule has 0 bridgehead atoms. The van der Waals surface area contributed by atoms with Crippen molar-refractivity contribution in [1.82, 2.24) is 4.98 Å². The van der Waals surface area contributed by atoms with Crippen molar-refractivity contribution in [3.8, 4) is 5.75 Å². The Morgan fingerprint density at radius 1 is 1.18 bits per heavy atom. The summed E-state index contributed by atoms with van der Waals surface area (Å²) in [4.78, 5) is 3.94. The Bertz CT molecular complexity index is 488. The van der Waals surface area contributed by atoms with E-state index in [9.17, 15) is 0 Å². The molecular weight excluding hydrogens is 282 g/mol. The van der Waals surface area contributed by atoms with Gasteiger partial charge >= 0.3 is 0 Å². The number of hydrogen-bond acceptors (Lipinski definition) is 3. The summed E-state index contributed by atoms with van der Waals surface area (Å²) >= 11 is 3.36. The molecule has 0 aliphatic rings. The first kappa shape index (κ1) is 12.1. The molecule has 0 spiro atoms. The molecule has 0 saturated carbocycles. The molecule has 0 unspecified atom stereocenters. The zero-order valence-electron chi connectivity index (χ0n) is 9.14. The third-order valence-corrected chi connectivity index (χ3v) is 3.12. The first-order valence-corrected chi connectivity index (χ1v) is 6.00. The number of rotatable bonds is 4. The largest absolute Gasteiger partial charge is 0.489 e. The SMILES string of the molecule is OCc1cc(OCc2ccncc2)ccc1Br. The van der Waals surface area contributed by atoms with E-state index in [-0.39, 0.29) is 6.61 Å². The van der Waals surface area contributed by atoms with Crippen LogP contribution in [0, 0.1) is 0 Å². The molecule has 2 rings (SSSR count). The number of pyridine rings is 1. The Balaban J connectivity index is 2.04. The Hall–Kier alpha value is -1.39. The highest BCUT2D eigenvalue weighted by Crippen LogP contribution is 2.23.